The first-order valence-corrected chi connectivity index (χ1v) is 14.2. The van der Waals surface area contributed by atoms with Crippen LogP contribution < -0.4 is 21.9 Å². The fourth-order valence-electron chi connectivity index (χ4n) is 5.13. The zero-order chi connectivity index (χ0) is 30.5. The maximum atomic E-state index is 14.1. The summed E-state index contributed by atoms with van der Waals surface area (Å²) in [5, 5.41) is 6.81. The van der Waals surface area contributed by atoms with Crippen LogP contribution in [0.5, 0.6) is 0 Å². The predicted molar refractivity (Wildman–Crippen MR) is 168 cm³/mol. The quantitative estimate of drug-likeness (QED) is 0.164. The summed E-state index contributed by atoms with van der Waals surface area (Å²) in [5.74, 6) is 0.954. The minimum atomic E-state index is -0.532. The average Bonchev–Trinajstić information content (AvgIpc) is 3.51. The van der Waals surface area contributed by atoms with Crippen LogP contribution in [0.25, 0.3) is 27.8 Å². The number of benzene rings is 3. The summed E-state index contributed by atoms with van der Waals surface area (Å²) in [6, 6.07) is 23.9. The second kappa shape index (κ2) is 12.6. The molecule has 6 rings (SSSR count). The Labute approximate surface area is 252 Å². The molecule has 0 saturated heterocycles. The van der Waals surface area contributed by atoms with Crippen LogP contribution in [0.3, 0.4) is 0 Å². The number of carbonyl (C=O) groups excluding carboxylic acids is 1. The standard InChI is InChI=1S/C32H31N9O3/c1-20-10-8-15-23-25(20)30(42)41(22-13-6-3-7-14-22)29(38-23)24(37-28-26-27(36-19-35-26)39-31(33)40-28)16-9-17-34-32(43)44-18-21-11-4-2-5-12-21/h2-8,10-15,19,24H,9,16-18H2,1H3,(H,34,43)(H4,33,35,36,37,39,40). The number of hydrogen-bond acceptors (Lipinski definition) is 9. The van der Waals surface area contributed by atoms with Crippen molar-refractivity contribution in [1.82, 2.24) is 34.8 Å². The van der Waals surface area contributed by atoms with Gasteiger partial charge in [-0.15, -0.1) is 0 Å². The summed E-state index contributed by atoms with van der Waals surface area (Å²) < 4.78 is 6.98. The lowest BCUT2D eigenvalue weighted by atomic mass is 10.1. The van der Waals surface area contributed by atoms with E-state index in [0.717, 1.165) is 11.1 Å². The van der Waals surface area contributed by atoms with E-state index in [4.69, 9.17) is 15.5 Å². The van der Waals surface area contributed by atoms with Crippen LogP contribution in [-0.2, 0) is 11.3 Å². The number of nitrogens with two attached hydrogens (primary N) is 1. The lowest BCUT2D eigenvalue weighted by molar-refractivity contribution is 0.139. The van der Waals surface area contributed by atoms with Crippen molar-refractivity contribution in [3.05, 3.63) is 112 Å². The molecule has 12 heteroatoms. The largest absolute Gasteiger partial charge is 0.445 e. The van der Waals surface area contributed by atoms with Crippen molar-refractivity contribution in [3.63, 3.8) is 0 Å². The number of hydrogen-bond donors (Lipinski definition) is 4. The van der Waals surface area contributed by atoms with Gasteiger partial charge in [-0.3, -0.25) is 9.36 Å². The number of aryl methyl sites for hydroxylation is 1. The maximum Gasteiger partial charge on any atom is 0.407 e. The number of rotatable bonds is 10. The van der Waals surface area contributed by atoms with Gasteiger partial charge in [-0.2, -0.15) is 9.97 Å². The molecule has 1 atom stereocenters. The summed E-state index contributed by atoms with van der Waals surface area (Å²) in [6.45, 7) is 2.41. The van der Waals surface area contributed by atoms with Gasteiger partial charge in [0, 0.05) is 6.54 Å². The molecule has 5 N–H and O–H groups in total. The van der Waals surface area contributed by atoms with Gasteiger partial charge >= 0.3 is 6.09 Å². The minimum Gasteiger partial charge on any atom is -0.445 e. The number of anilines is 2. The minimum absolute atomic E-state index is 0.0521. The molecule has 0 aliphatic heterocycles. The van der Waals surface area contributed by atoms with E-state index in [1.807, 2.05) is 85.8 Å². The molecule has 222 valence electrons. The molecule has 0 radical (unpaired) electrons. The molecular formula is C32H31N9O3. The molecule has 0 aliphatic carbocycles. The highest BCUT2D eigenvalue weighted by atomic mass is 16.5. The first kappa shape index (κ1) is 28.3. The molecule has 0 bridgehead atoms. The number of ether oxygens (including phenoxy) is 1. The Morgan fingerprint density at radius 3 is 2.57 bits per heavy atom. The molecular weight excluding hydrogens is 558 g/mol. The van der Waals surface area contributed by atoms with Crippen LogP contribution in [0.1, 0.15) is 35.8 Å². The van der Waals surface area contributed by atoms with Crippen molar-refractivity contribution < 1.29 is 9.53 Å². The van der Waals surface area contributed by atoms with Gasteiger partial charge in [0.15, 0.2) is 11.5 Å². The molecule has 44 heavy (non-hydrogen) atoms. The number of nitrogens with zero attached hydrogens (tertiary/aromatic N) is 5. The van der Waals surface area contributed by atoms with Crippen LogP contribution in [-0.4, -0.2) is 42.1 Å². The predicted octanol–water partition coefficient (Wildman–Crippen LogP) is 4.80. The fraction of sp³-hybridized carbons (Fsp3) is 0.188. The monoisotopic (exact) mass is 589 g/mol. The van der Waals surface area contributed by atoms with Crippen molar-refractivity contribution in [2.24, 2.45) is 0 Å². The van der Waals surface area contributed by atoms with Crippen molar-refractivity contribution >= 4 is 39.9 Å². The third kappa shape index (κ3) is 6.04. The van der Waals surface area contributed by atoms with Gasteiger partial charge in [0.25, 0.3) is 5.56 Å². The number of imidazole rings is 1. The van der Waals surface area contributed by atoms with E-state index >= 15 is 0 Å². The van der Waals surface area contributed by atoms with Gasteiger partial charge in [0.05, 0.1) is 29.0 Å². The molecule has 0 fully saturated rings. The Kier molecular flexibility index (Phi) is 8.13. The molecule has 3 aromatic carbocycles. The molecule has 1 unspecified atom stereocenters. The Bertz CT molecular complexity index is 1970. The number of amides is 1. The van der Waals surface area contributed by atoms with Crippen molar-refractivity contribution in [2.45, 2.75) is 32.4 Å². The van der Waals surface area contributed by atoms with E-state index in [0.29, 0.717) is 58.8 Å². The van der Waals surface area contributed by atoms with Crippen LogP contribution in [0.15, 0.2) is 90.0 Å². The number of alkyl carbamates (subject to hydrolysis) is 1. The summed E-state index contributed by atoms with van der Waals surface area (Å²) in [6.07, 6.45) is 2.00. The van der Waals surface area contributed by atoms with Crippen molar-refractivity contribution in [1.29, 1.82) is 0 Å². The summed E-state index contributed by atoms with van der Waals surface area (Å²) in [5.41, 5.74) is 9.80. The lowest BCUT2D eigenvalue weighted by Gasteiger charge is -2.24. The van der Waals surface area contributed by atoms with Crippen LogP contribution >= 0.6 is 0 Å². The first-order valence-electron chi connectivity index (χ1n) is 14.2. The highest BCUT2D eigenvalue weighted by molar-refractivity contribution is 5.84. The zero-order valence-electron chi connectivity index (χ0n) is 24.0. The number of H-pyrrole nitrogens is 1. The van der Waals surface area contributed by atoms with E-state index < -0.39 is 12.1 Å². The Balaban J connectivity index is 1.33. The average molecular weight is 590 g/mol. The summed E-state index contributed by atoms with van der Waals surface area (Å²) in [7, 11) is 0. The van der Waals surface area contributed by atoms with Gasteiger partial charge < -0.3 is 26.1 Å². The molecule has 0 saturated carbocycles. The molecule has 12 nitrogen and oxygen atoms in total. The molecule has 3 aromatic heterocycles. The number of carbonyl (C=O) groups is 1. The zero-order valence-corrected chi connectivity index (χ0v) is 24.0. The van der Waals surface area contributed by atoms with Gasteiger partial charge in [-0.25, -0.2) is 14.8 Å². The molecule has 0 aliphatic rings. The normalized spacial score (nSPS) is 11.8. The number of aromatic nitrogens is 6. The number of para-hydroxylation sites is 1. The lowest BCUT2D eigenvalue weighted by Crippen LogP contribution is -2.30. The third-order valence-corrected chi connectivity index (χ3v) is 7.22. The maximum absolute atomic E-state index is 14.1. The van der Waals surface area contributed by atoms with Crippen molar-refractivity contribution in [2.75, 3.05) is 17.6 Å². The Morgan fingerprint density at radius 1 is 1.00 bits per heavy atom. The smallest absolute Gasteiger partial charge is 0.407 e. The van der Waals surface area contributed by atoms with Crippen LogP contribution in [0.2, 0.25) is 0 Å². The topological polar surface area (TPSA) is 166 Å². The van der Waals surface area contributed by atoms with E-state index in [1.165, 1.54) is 6.33 Å². The molecule has 1 amide bonds. The van der Waals surface area contributed by atoms with Gasteiger partial charge in [0.1, 0.15) is 17.9 Å². The number of nitrogen functional groups attached to an aromatic ring is 1. The number of aromatic amines is 1. The summed E-state index contributed by atoms with van der Waals surface area (Å²) >= 11 is 0. The summed E-state index contributed by atoms with van der Waals surface area (Å²) in [4.78, 5) is 47.4. The van der Waals surface area contributed by atoms with Crippen molar-refractivity contribution in [3.8, 4) is 5.69 Å². The number of nitrogens with one attached hydrogen (secondary N) is 3. The van der Waals surface area contributed by atoms with Gasteiger partial charge in [0.2, 0.25) is 5.95 Å². The van der Waals surface area contributed by atoms with Crippen LogP contribution in [0, 0.1) is 6.92 Å². The highest BCUT2D eigenvalue weighted by Crippen LogP contribution is 2.28. The first-order chi connectivity index (χ1) is 21.5. The molecule has 6 aromatic rings. The van der Waals surface area contributed by atoms with E-state index in [2.05, 4.69) is 30.6 Å². The second-order valence-electron chi connectivity index (χ2n) is 10.3. The molecule has 3 heterocycles. The van der Waals surface area contributed by atoms with E-state index in [9.17, 15) is 9.59 Å². The highest BCUT2D eigenvalue weighted by Gasteiger charge is 2.24. The molecule has 0 spiro atoms. The van der Waals surface area contributed by atoms with Gasteiger partial charge in [-0.1, -0.05) is 60.7 Å². The SMILES string of the molecule is Cc1cccc2nc(C(CCCNC(=O)OCc3ccccc3)Nc3nc(N)nc4nc[nH]c34)n(-c3ccccc3)c(=O)c12. The second-order valence-corrected chi connectivity index (χ2v) is 10.3. The van der Waals surface area contributed by atoms with E-state index in [-0.39, 0.29) is 18.1 Å². The van der Waals surface area contributed by atoms with E-state index in [1.54, 1.807) is 4.57 Å². The fourth-order valence-corrected chi connectivity index (χ4v) is 5.13. The Hall–Kier alpha value is -5.78. The number of fused-ring (bicyclic) bond motifs is 2. The third-order valence-electron chi connectivity index (χ3n) is 7.22. The Morgan fingerprint density at radius 2 is 1.77 bits per heavy atom. The van der Waals surface area contributed by atoms with Crippen LogP contribution in [0.4, 0.5) is 16.6 Å². The van der Waals surface area contributed by atoms with Gasteiger partial charge in [-0.05, 0) is 49.1 Å².